The van der Waals surface area contributed by atoms with E-state index in [0.29, 0.717) is 12.6 Å². The molecule has 0 aliphatic carbocycles. The van der Waals surface area contributed by atoms with Crippen molar-refractivity contribution in [2.24, 2.45) is 5.92 Å². The van der Waals surface area contributed by atoms with Gasteiger partial charge in [-0.3, -0.25) is 9.78 Å². The molecule has 0 N–H and O–H groups in total. The largest absolute Gasteiger partial charge is 0.381 e. The summed E-state index contributed by atoms with van der Waals surface area (Å²) in [5, 5.41) is 0. The highest BCUT2D eigenvalue weighted by molar-refractivity contribution is 5.79. The smallest absolute Gasteiger partial charge is 0.225 e. The van der Waals surface area contributed by atoms with E-state index in [1.807, 2.05) is 36.2 Å². The van der Waals surface area contributed by atoms with E-state index in [9.17, 15) is 4.79 Å². The first-order chi connectivity index (χ1) is 13.2. The van der Waals surface area contributed by atoms with E-state index >= 15 is 0 Å². The molecule has 0 bridgehead atoms. The quantitative estimate of drug-likeness (QED) is 0.830. The van der Waals surface area contributed by atoms with Crippen LogP contribution in [0.2, 0.25) is 0 Å². The number of ether oxygens (including phenoxy) is 1. The van der Waals surface area contributed by atoms with Crippen molar-refractivity contribution in [3.8, 4) is 0 Å². The minimum absolute atomic E-state index is 0.125. The third kappa shape index (κ3) is 4.28. The van der Waals surface area contributed by atoms with Crippen LogP contribution in [0.1, 0.15) is 31.4 Å². The monoisotopic (exact) mass is 368 g/mol. The van der Waals surface area contributed by atoms with Gasteiger partial charge in [-0.2, -0.15) is 0 Å². The molecule has 2 aliphatic heterocycles. The van der Waals surface area contributed by atoms with Gasteiger partial charge in [0, 0.05) is 32.2 Å². The normalized spacial score (nSPS) is 20.0. The highest BCUT2D eigenvalue weighted by Crippen LogP contribution is 2.24. The number of carbonyl (C=O) groups excluding carboxylic acids is 1. The van der Waals surface area contributed by atoms with Crippen LogP contribution in [0, 0.1) is 5.92 Å². The second kappa shape index (κ2) is 8.31. The maximum Gasteiger partial charge on any atom is 0.225 e. The van der Waals surface area contributed by atoms with Crippen molar-refractivity contribution in [1.82, 2.24) is 19.8 Å². The summed E-state index contributed by atoms with van der Waals surface area (Å²) in [7, 11) is 1.88. The van der Waals surface area contributed by atoms with E-state index in [-0.39, 0.29) is 11.8 Å². The van der Waals surface area contributed by atoms with Crippen LogP contribution in [-0.2, 0) is 16.1 Å². The summed E-state index contributed by atoms with van der Waals surface area (Å²) >= 11 is 0. The van der Waals surface area contributed by atoms with Crippen molar-refractivity contribution < 1.29 is 9.53 Å². The molecule has 1 amide bonds. The zero-order valence-corrected chi connectivity index (χ0v) is 16.0. The molecule has 0 atom stereocenters. The molecule has 1 aromatic carbocycles. The number of hydrogen-bond donors (Lipinski definition) is 0. The second-order valence-corrected chi connectivity index (χ2v) is 7.70. The summed E-state index contributed by atoms with van der Waals surface area (Å²) in [5.74, 6) is 0.357. The van der Waals surface area contributed by atoms with Crippen LogP contribution in [-0.4, -0.2) is 65.1 Å². The van der Waals surface area contributed by atoms with Crippen LogP contribution >= 0.6 is 0 Å². The molecule has 2 saturated heterocycles. The number of benzene rings is 1. The van der Waals surface area contributed by atoms with Crippen molar-refractivity contribution in [3.05, 3.63) is 36.2 Å². The van der Waals surface area contributed by atoms with Crippen molar-refractivity contribution >= 4 is 16.9 Å². The van der Waals surface area contributed by atoms with E-state index in [1.165, 1.54) is 0 Å². The van der Waals surface area contributed by atoms with Gasteiger partial charge in [-0.25, -0.2) is 4.98 Å². The maximum atomic E-state index is 12.9. The molecule has 0 radical (unpaired) electrons. The maximum absolute atomic E-state index is 12.9. The summed E-state index contributed by atoms with van der Waals surface area (Å²) < 4.78 is 5.47. The first kappa shape index (κ1) is 18.3. The average Bonchev–Trinajstić information content (AvgIpc) is 2.74. The Morgan fingerprint density at radius 3 is 2.59 bits per heavy atom. The van der Waals surface area contributed by atoms with E-state index < -0.39 is 0 Å². The van der Waals surface area contributed by atoms with Crippen molar-refractivity contribution in [1.29, 1.82) is 0 Å². The van der Waals surface area contributed by atoms with Gasteiger partial charge in [-0.1, -0.05) is 12.1 Å². The van der Waals surface area contributed by atoms with Crippen LogP contribution in [0.4, 0.5) is 0 Å². The number of rotatable bonds is 4. The fraction of sp³-hybridized carbons (Fsp3) is 0.571. The predicted octanol–water partition coefficient (Wildman–Crippen LogP) is 2.48. The molecular weight excluding hydrogens is 340 g/mol. The van der Waals surface area contributed by atoms with Gasteiger partial charge in [0.15, 0.2) is 0 Å². The molecule has 4 rings (SSSR count). The highest BCUT2D eigenvalue weighted by Gasteiger charge is 2.30. The summed E-state index contributed by atoms with van der Waals surface area (Å²) in [6, 6.07) is 8.47. The van der Waals surface area contributed by atoms with Gasteiger partial charge >= 0.3 is 0 Å². The van der Waals surface area contributed by atoms with E-state index in [1.54, 1.807) is 6.20 Å². The summed E-state index contributed by atoms with van der Waals surface area (Å²) in [5.41, 5.74) is 2.60. The molecule has 0 spiro atoms. The van der Waals surface area contributed by atoms with E-state index in [0.717, 1.165) is 68.7 Å². The van der Waals surface area contributed by atoms with Gasteiger partial charge in [0.05, 0.1) is 29.5 Å². The highest BCUT2D eigenvalue weighted by atomic mass is 16.5. The average molecular weight is 368 g/mol. The number of aromatic nitrogens is 2. The van der Waals surface area contributed by atoms with Gasteiger partial charge in [0.1, 0.15) is 0 Å². The standard InChI is InChI=1S/C21H28N4O2/c1-24(15-17-14-22-19-4-2-3-5-20(19)23-17)21(26)16-6-10-25(11-7-16)18-8-12-27-13-9-18/h2-5,14,16,18H,6-13,15H2,1H3. The second-order valence-electron chi connectivity index (χ2n) is 7.70. The zero-order chi connectivity index (χ0) is 18.6. The Balaban J connectivity index is 1.32. The third-order valence-corrected chi connectivity index (χ3v) is 5.86. The number of piperidine rings is 1. The number of nitrogens with zero attached hydrogens (tertiary/aromatic N) is 4. The first-order valence-corrected chi connectivity index (χ1v) is 9.98. The lowest BCUT2D eigenvalue weighted by molar-refractivity contribution is -0.136. The van der Waals surface area contributed by atoms with E-state index in [4.69, 9.17) is 4.74 Å². The van der Waals surface area contributed by atoms with Gasteiger partial charge in [-0.15, -0.1) is 0 Å². The molecule has 6 nitrogen and oxygen atoms in total. The molecule has 0 unspecified atom stereocenters. The van der Waals surface area contributed by atoms with Gasteiger partial charge in [0.25, 0.3) is 0 Å². The minimum Gasteiger partial charge on any atom is -0.381 e. The molecule has 2 fully saturated rings. The van der Waals surface area contributed by atoms with Crippen LogP contribution in [0.5, 0.6) is 0 Å². The Bertz CT molecular complexity index is 783. The molecule has 2 aromatic rings. The third-order valence-electron chi connectivity index (χ3n) is 5.86. The zero-order valence-electron chi connectivity index (χ0n) is 16.0. The fourth-order valence-corrected chi connectivity index (χ4v) is 4.27. The SMILES string of the molecule is CN(Cc1cnc2ccccc2n1)C(=O)C1CCN(C2CCOCC2)CC1. The summed E-state index contributed by atoms with van der Waals surface area (Å²) in [6.07, 6.45) is 5.92. The molecule has 2 aliphatic rings. The van der Waals surface area contributed by atoms with Gasteiger partial charge in [0.2, 0.25) is 5.91 Å². The van der Waals surface area contributed by atoms with Crippen LogP contribution in [0.15, 0.2) is 30.5 Å². The van der Waals surface area contributed by atoms with E-state index in [2.05, 4.69) is 14.9 Å². The summed E-state index contributed by atoms with van der Waals surface area (Å²) in [6.45, 7) is 4.30. The lowest BCUT2D eigenvalue weighted by atomic mass is 9.93. The van der Waals surface area contributed by atoms with Crippen LogP contribution in [0.3, 0.4) is 0 Å². The molecule has 1 aromatic heterocycles. The number of likely N-dealkylation sites (tertiary alicyclic amines) is 1. The molecular formula is C21H28N4O2. The number of hydrogen-bond acceptors (Lipinski definition) is 5. The Morgan fingerprint density at radius 2 is 1.85 bits per heavy atom. The Kier molecular flexibility index (Phi) is 5.64. The number of fused-ring (bicyclic) bond motifs is 1. The molecule has 6 heteroatoms. The number of amides is 1. The van der Waals surface area contributed by atoms with Crippen LogP contribution in [0.25, 0.3) is 11.0 Å². The lowest BCUT2D eigenvalue weighted by Gasteiger charge is -2.39. The molecule has 144 valence electrons. The molecule has 27 heavy (non-hydrogen) atoms. The lowest BCUT2D eigenvalue weighted by Crippen LogP contribution is -2.46. The van der Waals surface area contributed by atoms with Gasteiger partial charge < -0.3 is 14.5 Å². The van der Waals surface area contributed by atoms with Crippen molar-refractivity contribution in [2.45, 2.75) is 38.3 Å². The molecule has 0 saturated carbocycles. The Hall–Kier alpha value is -2.05. The predicted molar refractivity (Wildman–Crippen MR) is 104 cm³/mol. The molecule has 3 heterocycles. The first-order valence-electron chi connectivity index (χ1n) is 9.98. The fourth-order valence-electron chi connectivity index (χ4n) is 4.27. The van der Waals surface area contributed by atoms with Crippen LogP contribution < -0.4 is 0 Å². The van der Waals surface area contributed by atoms with Gasteiger partial charge in [-0.05, 0) is 50.9 Å². The Morgan fingerprint density at radius 1 is 1.15 bits per heavy atom. The Labute approximate surface area is 160 Å². The summed E-state index contributed by atoms with van der Waals surface area (Å²) in [4.78, 5) is 26.3. The minimum atomic E-state index is 0.125. The number of carbonyl (C=O) groups is 1. The number of para-hydroxylation sites is 2. The van der Waals surface area contributed by atoms with Crippen molar-refractivity contribution in [3.63, 3.8) is 0 Å². The van der Waals surface area contributed by atoms with Crippen molar-refractivity contribution in [2.75, 3.05) is 33.4 Å². The topological polar surface area (TPSA) is 58.6 Å².